The van der Waals surface area contributed by atoms with Gasteiger partial charge in [-0.3, -0.25) is 4.79 Å². The van der Waals surface area contributed by atoms with Crippen molar-refractivity contribution in [3.63, 3.8) is 0 Å². The second kappa shape index (κ2) is 4.03. The number of allylic oxidation sites excluding steroid dienone is 2. The summed E-state index contributed by atoms with van der Waals surface area (Å²) in [6, 6.07) is 0. The Balaban J connectivity index is 1.72. The smallest absolute Gasteiger partial charge is 0.164 e. The molecule has 1 spiro atoms. The molecule has 1 unspecified atom stereocenters. The maximum absolute atomic E-state index is 13.1. The van der Waals surface area contributed by atoms with E-state index in [1.807, 2.05) is 6.20 Å². The van der Waals surface area contributed by atoms with E-state index in [0.29, 0.717) is 11.7 Å². The van der Waals surface area contributed by atoms with Gasteiger partial charge in [0, 0.05) is 41.4 Å². The summed E-state index contributed by atoms with van der Waals surface area (Å²) in [6.45, 7) is 1.45. The Labute approximate surface area is 123 Å². The number of hydrogen-bond acceptors (Lipinski definition) is 5. The molecule has 0 amide bonds. The molecular weight excluding hydrogens is 266 g/mol. The lowest BCUT2D eigenvalue weighted by atomic mass is 9.61. The van der Waals surface area contributed by atoms with E-state index in [9.17, 15) is 4.79 Å². The van der Waals surface area contributed by atoms with Crippen LogP contribution in [0, 0.1) is 17.3 Å². The zero-order valence-corrected chi connectivity index (χ0v) is 12.0. The molecule has 0 aromatic carbocycles. The third kappa shape index (κ3) is 1.42. The molecule has 1 saturated carbocycles. The van der Waals surface area contributed by atoms with Gasteiger partial charge in [0.15, 0.2) is 11.9 Å². The van der Waals surface area contributed by atoms with Gasteiger partial charge in [0.05, 0.1) is 6.20 Å². The summed E-state index contributed by atoms with van der Waals surface area (Å²) in [5.74, 6) is 1.17. The lowest BCUT2D eigenvalue weighted by Crippen LogP contribution is -2.51. The molecule has 3 atom stereocenters. The van der Waals surface area contributed by atoms with Crippen molar-refractivity contribution < 1.29 is 9.53 Å². The van der Waals surface area contributed by atoms with Crippen molar-refractivity contribution >= 4 is 5.78 Å². The molecule has 3 heterocycles. The van der Waals surface area contributed by atoms with Crippen LogP contribution in [0.15, 0.2) is 33.3 Å². The minimum Gasteiger partial charge on any atom is -0.381 e. The number of fused-ring (bicyclic) bond motifs is 6. The van der Waals surface area contributed by atoms with Crippen LogP contribution in [0.1, 0.15) is 32.1 Å². The number of carbonyl (C=O) groups excluding carboxylic acids is 1. The summed E-state index contributed by atoms with van der Waals surface area (Å²) in [5, 5.41) is 12.0. The number of azo groups is 1. The molecule has 1 saturated heterocycles. The number of rotatable bonds is 0. The van der Waals surface area contributed by atoms with Gasteiger partial charge in [-0.15, -0.1) is 0 Å². The standard InChI is InChI=1S/C16H19N3O2/c20-14-10-2-1-9(7-10)13-12(14)16(3-5-21-6-4-16)11-8-17-19-15(11)18-13/h8-10,15,18H,1-7H2/t9-,10+,15?/m1/s1. The normalized spacial score (nSPS) is 39.1. The van der Waals surface area contributed by atoms with Crippen LogP contribution in [0.4, 0.5) is 0 Å². The maximum Gasteiger partial charge on any atom is 0.164 e. The first-order valence-electron chi connectivity index (χ1n) is 8.03. The Morgan fingerprint density at radius 1 is 1.24 bits per heavy atom. The van der Waals surface area contributed by atoms with Crippen LogP contribution < -0.4 is 5.32 Å². The van der Waals surface area contributed by atoms with Crippen LogP contribution in [0.3, 0.4) is 0 Å². The molecule has 21 heavy (non-hydrogen) atoms. The largest absolute Gasteiger partial charge is 0.381 e. The Hall–Kier alpha value is -1.49. The molecule has 5 heteroatoms. The van der Waals surface area contributed by atoms with E-state index >= 15 is 0 Å². The van der Waals surface area contributed by atoms with Crippen LogP contribution in [0.25, 0.3) is 0 Å². The van der Waals surface area contributed by atoms with Gasteiger partial charge in [-0.1, -0.05) is 0 Å². The Kier molecular flexibility index (Phi) is 2.32. The first-order valence-corrected chi connectivity index (χ1v) is 8.03. The van der Waals surface area contributed by atoms with Crippen LogP contribution in [-0.2, 0) is 9.53 Å². The molecule has 2 bridgehead atoms. The van der Waals surface area contributed by atoms with Gasteiger partial charge >= 0.3 is 0 Å². The molecule has 3 aliphatic heterocycles. The van der Waals surface area contributed by atoms with Gasteiger partial charge in [-0.2, -0.15) is 10.2 Å². The fourth-order valence-electron chi connectivity index (χ4n) is 5.04. The van der Waals surface area contributed by atoms with Crippen molar-refractivity contribution in [3.8, 4) is 0 Å². The van der Waals surface area contributed by atoms with E-state index in [4.69, 9.17) is 4.74 Å². The zero-order chi connectivity index (χ0) is 14.0. The zero-order valence-electron chi connectivity index (χ0n) is 12.0. The summed E-state index contributed by atoms with van der Waals surface area (Å²) in [5.41, 5.74) is 3.29. The quantitative estimate of drug-likeness (QED) is 0.743. The van der Waals surface area contributed by atoms with Gasteiger partial charge in [-0.05, 0) is 38.0 Å². The van der Waals surface area contributed by atoms with Crippen molar-refractivity contribution in [2.24, 2.45) is 27.5 Å². The van der Waals surface area contributed by atoms with Crippen molar-refractivity contribution in [2.75, 3.05) is 13.2 Å². The van der Waals surface area contributed by atoms with Gasteiger partial charge < -0.3 is 10.1 Å². The number of ketones is 1. The molecule has 5 rings (SSSR count). The molecular formula is C16H19N3O2. The van der Waals surface area contributed by atoms with E-state index in [2.05, 4.69) is 15.5 Å². The fraction of sp³-hybridized carbons (Fsp3) is 0.688. The maximum atomic E-state index is 13.1. The fourth-order valence-corrected chi connectivity index (χ4v) is 5.04. The second-order valence-corrected chi connectivity index (χ2v) is 6.92. The summed E-state index contributed by atoms with van der Waals surface area (Å²) in [4.78, 5) is 13.1. The molecule has 0 aromatic rings. The molecule has 0 aromatic heterocycles. The highest BCUT2D eigenvalue weighted by molar-refractivity contribution is 6.01. The predicted molar refractivity (Wildman–Crippen MR) is 75.2 cm³/mol. The average molecular weight is 285 g/mol. The Morgan fingerprint density at radius 3 is 2.90 bits per heavy atom. The van der Waals surface area contributed by atoms with Crippen LogP contribution in [0.5, 0.6) is 0 Å². The van der Waals surface area contributed by atoms with Gasteiger partial charge in [0.1, 0.15) is 0 Å². The SMILES string of the molecule is O=C1C2=C(NC3N=NC=C3C23CCOCC3)[C@@H]2CC[C@H]1C2. The first kappa shape index (κ1) is 12.1. The van der Waals surface area contributed by atoms with Gasteiger partial charge in [0.25, 0.3) is 0 Å². The number of nitrogens with zero attached hydrogens (tertiary/aromatic N) is 2. The van der Waals surface area contributed by atoms with Crippen molar-refractivity contribution in [3.05, 3.63) is 23.0 Å². The molecule has 5 aliphatic rings. The molecule has 5 nitrogen and oxygen atoms in total. The van der Waals surface area contributed by atoms with E-state index in [1.165, 1.54) is 11.3 Å². The summed E-state index contributed by atoms with van der Waals surface area (Å²) >= 11 is 0. The summed E-state index contributed by atoms with van der Waals surface area (Å²) in [6.07, 6.45) is 6.84. The van der Waals surface area contributed by atoms with Crippen molar-refractivity contribution in [1.29, 1.82) is 0 Å². The third-order valence-corrected chi connectivity index (χ3v) is 6.07. The molecule has 2 aliphatic carbocycles. The third-order valence-electron chi connectivity index (χ3n) is 6.07. The van der Waals surface area contributed by atoms with E-state index in [0.717, 1.165) is 50.9 Å². The van der Waals surface area contributed by atoms with E-state index < -0.39 is 0 Å². The van der Waals surface area contributed by atoms with E-state index in [1.54, 1.807) is 0 Å². The van der Waals surface area contributed by atoms with E-state index in [-0.39, 0.29) is 17.5 Å². The topological polar surface area (TPSA) is 63.0 Å². The number of Topliss-reactive ketones (excluding diaryl/α,β-unsaturated/α-hetero) is 1. The minimum atomic E-state index is -0.161. The van der Waals surface area contributed by atoms with Gasteiger partial charge in [0.2, 0.25) is 0 Å². The monoisotopic (exact) mass is 285 g/mol. The van der Waals surface area contributed by atoms with Crippen LogP contribution in [-0.4, -0.2) is 25.2 Å². The number of nitrogens with one attached hydrogen (secondary N) is 1. The molecule has 0 radical (unpaired) electrons. The van der Waals surface area contributed by atoms with Crippen LogP contribution >= 0.6 is 0 Å². The summed E-state index contributed by atoms with van der Waals surface area (Å²) < 4.78 is 5.59. The number of ether oxygens (including phenoxy) is 1. The Morgan fingerprint density at radius 2 is 2.05 bits per heavy atom. The highest BCUT2D eigenvalue weighted by atomic mass is 16.5. The lowest BCUT2D eigenvalue weighted by Gasteiger charge is -2.48. The lowest BCUT2D eigenvalue weighted by molar-refractivity contribution is -0.121. The van der Waals surface area contributed by atoms with Crippen LogP contribution in [0.2, 0.25) is 0 Å². The van der Waals surface area contributed by atoms with Crippen molar-refractivity contribution in [1.82, 2.24) is 5.32 Å². The molecule has 2 fully saturated rings. The molecule has 1 N–H and O–H groups in total. The Bertz CT molecular complexity index is 613. The molecule has 110 valence electrons. The number of carbonyl (C=O) groups is 1. The number of hydrogen-bond donors (Lipinski definition) is 1. The highest BCUT2D eigenvalue weighted by Crippen LogP contribution is 2.57. The summed E-state index contributed by atoms with van der Waals surface area (Å²) in [7, 11) is 0. The second-order valence-electron chi connectivity index (χ2n) is 6.92. The average Bonchev–Trinajstić information content (AvgIpc) is 3.14. The first-order chi connectivity index (χ1) is 10.3. The minimum absolute atomic E-state index is 0.0493. The van der Waals surface area contributed by atoms with Crippen molar-refractivity contribution in [2.45, 2.75) is 38.3 Å². The van der Waals surface area contributed by atoms with Gasteiger partial charge in [-0.25, -0.2) is 0 Å². The predicted octanol–water partition coefficient (Wildman–Crippen LogP) is 2.32. The highest BCUT2D eigenvalue weighted by Gasteiger charge is 2.55.